The van der Waals surface area contributed by atoms with Crippen LogP contribution in [0, 0.1) is 6.92 Å². The number of hydrogen-bond acceptors (Lipinski definition) is 4. The second-order valence-electron chi connectivity index (χ2n) is 6.30. The zero-order valence-corrected chi connectivity index (χ0v) is 15.8. The predicted molar refractivity (Wildman–Crippen MR) is 109 cm³/mol. The monoisotopic (exact) mass is 375 g/mol. The molecule has 0 aliphatic rings. The van der Waals surface area contributed by atoms with E-state index < -0.39 is 5.97 Å². The van der Waals surface area contributed by atoms with Crippen molar-refractivity contribution in [3.8, 4) is 16.9 Å². The molecule has 0 spiro atoms. The minimum atomic E-state index is -0.421. The number of esters is 1. The Kier molecular flexibility index (Phi) is 6.07. The van der Waals surface area contributed by atoms with Crippen molar-refractivity contribution in [1.82, 2.24) is 0 Å². The lowest BCUT2D eigenvalue weighted by atomic mass is 10.0. The Morgan fingerprint density at radius 1 is 0.821 bits per heavy atom. The van der Waals surface area contributed by atoms with E-state index in [1.807, 2.05) is 24.3 Å². The zero-order chi connectivity index (χ0) is 19.9. The second kappa shape index (κ2) is 8.86. The molecule has 0 radical (unpaired) electrons. The first-order chi connectivity index (χ1) is 13.5. The summed E-state index contributed by atoms with van der Waals surface area (Å²) in [5.74, 6) is -0.0872. The largest absolute Gasteiger partial charge is 0.484 e. The molecule has 1 amide bonds. The van der Waals surface area contributed by atoms with Gasteiger partial charge in [0, 0.05) is 5.69 Å². The van der Waals surface area contributed by atoms with E-state index in [0.29, 0.717) is 17.0 Å². The molecule has 0 atom stereocenters. The second-order valence-corrected chi connectivity index (χ2v) is 6.30. The van der Waals surface area contributed by atoms with E-state index in [-0.39, 0.29) is 12.5 Å². The first kappa shape index (κ1) is 19.2. The summed E-state index contributed by atoms with van der Waals surface area (Å²) in [6.45, 7) is 1.95. The van der Waals surface area contributed by atoms with E-state index in [9.17, 15) is 9.59 Å². The lowest BCUT2D eigenvalue weighted by Crippen LogP contribution is -2.20. The quantitative estimate of drug-likeness (QED) is 0.646. The van der Waals surface area contributed by atoms with E-state index in [4.69, 9.17) is 4.74 Å². The van der Waals surface area contributed by atoms with E-state index in [1.54, 1.807) is 24.3 Å². The van der Waals surface area contributed by atoms with Crippen molar-refractivity contribution in [3.05, 3.63) is 83.9 Å². The molecule has 0 bridgehead atoms. The smallest absolute Gasteiger partial charge is 0.337 e. The Morgan fingerprint density at radius 3 is 1.96 bits per heavy atom. The van der Waals surface area contributed by atoms with E-state index in [0.717, 1.165) is 11.1 Å². The molecular formula is C23H21NO4. The SMILES string of the molecule is COC(=O)c1ccc(NC(=O)COc2ccc(-c3ccc(C)cc3)cc2)cc1. The van der Waals surface area contributed by atoms with Gasteiger partial charge in [-0.2, -0.15) is 0 Å². The van der Waals surface area contributed by atoms with Crippen molar-refractivity contribution in [2.24, 2.45) is 0 Å². The summed E-state index contributed by atoms with van der Waals surface area (Å²) in [6.07, 6.45) is 0. The molecule has 0 saturated carbocycles. The third kappa shape index (κ3) is 4.98. The van der Waals surface area contributed by atoms with Gasteiger partial charge in [-0.25, -0.2) is 4.79 Å². The lowest BCUT2D eigenvalue weighted by molar-refractivity contribution is -0.118. The van der Waals surface area contributed by atoms with Crippen LogP contribution >= 0.6 is 0 Å². The number of benzene rings is 3. The maximum absolute atomic E-state index is 12.1. The maximum atomic E-state index is 12.1. The van der Waals surface area contributed by atoms with Crippen LogP contribution in [0.2, 0.25) is 0 Å². The molecule has 142 valence electrons. The van der Waals surface area contributed by atoms with Gasteiger partial charge in [0.1, 0.15) is 5.75 Å². The molecule has 5 heteroatoms. The first-order valence-corrected chi connectivity index (χ1v) is 8.83. The van der Waals surface area contributed by atoms with Gasteiger partial charge < -0.3 is 14.8 Å². The van der Waals surface area contributed by atoms with Crippen molar-refractivity contribution < 1.29 is 19.1 Å². The van der Waals surface area contributed by atoms with Crippen LogP contribution < -0.4 is 10.1 Å². The van der Waals surface area contributed by atoms with Gasteiger partial charge in [-0.1, -0.05) is 42.0 Å². The maximum Gasteiger partial charge on any atom is 0.337 e. The Hall–Kier alpha value is -3.60. The molecule has 3 rings (SSSR count). The van der Waals surface area contributed by atoms with E-state index >= 15 is 0 Å². The lowest BCUT2D eigenvalue weighted by Gasteiger charge is -2.09. The summed E-state index contributed by atoms with van der Waals surface area (Å²) in [7, 11) is 1.32. The van der Waals surface area contributed by atoms with Gasteiger partial charge >= 0.3 is 5.97 Å². The molecule has 0 saturated heterocycles. The van der Waals surface area contributed by atoms with Crippen LogP contribution in [-0.2, 0) is 9.53 Å². The molecule has 0 unspecified atom stereocenters. The van der Waals surface area contributed by atoms with Crippen LogP contribution in [0.25, 0.3) is 11.1 Å². The van der Waals surface area contributed by atoms with Gasteiger partial charge in [0.25, 0.3) is 5.91 Å². The third-order valence-corrected chi connectivity index (χ3v) is 4.20. The van der Waals surface area contributed by atoms with Crippen LogP contribution in [0.15, 0.2) is 72.8 Å². The van der Waals surface area contributed by atoms with Gasteiger partial charge in [0.05, 0.1) is 12.7 Å². The number of carbonyl (C=O) groups excluding carboxylic acids is 2. The molecule has 0 aliphatic heterocycles. The molecule has 0 heterocycles. The zero-order valence-electron chi connectivity index (χ0n) is 15.8. The number of anilines is 1. The van der Waals surface area contributed by atoms with Crippen molar-refractivity contribution in [1.29, 1.82) is 0 Å². The van der Waals surface area contributed by atoms with Gasteiger partial charge in [-0.05, 0) is 54.4 Å². The average Bonchev–Trinajstić information content (AvgIpc) is 2.73. The number of carbonyl (C=O) groups is 2. The molecule has 3 aromatic carbocycles. The summed E-state index contributed by atoms with van der Waals surface area (Å²) < 4.78 is 10.2. The highest BCUT2D eigenvalue weighted by Crippen LogP contribution is 2.22. The standard InChI is InChI=1S/C23H21NO4/c1-16-3-5-17(6-4-16)18-9-13-21(14-10-18)28-15-22(25)24-20-11-7-19(8-12-20)23(26)27-2/h3-14H,15H2,1-2H3,(H,24,25). The van der Waals surface area contributed by atoms with Crippen molar-refractivity contribution in [3.63, 3.8) is 0 Å². The van der Waals surface area contributed by atoms with Gasteiger partial charge in [0.2, 0.25) is 0 Å². The highest BCUT2D eigenvalue weighted by molar-refractivity contribution is 5.93. The van der Waals surface area contributed by atoms with Gasteiger partial charge in [-0.15, -0.1) is 0 Å². The number of methoxy groups -OCH3 is 1. The van der Waals surface area contributed by atoms with Crippen LogP contribution in [0.5, 0.6) is 5.75 Å². The van der Waals surface area contributed by atoms with Crippen molar-refractivity contribution in [2.45, 2.75) is 6.92 Å². The highest BCUT2D eigenvalue weighted by atomic mass is 16.5. The number of aryl methyl sites for hydroxylation is 1. The normalized spacial score (nSPS) is 10.2. The molecule has 3 aromatic rings. The van der Waals surface area contributed by atoms with E-state index in [1.165, 1.54) is 12.7 Å². The van der Waals surface area contributed by atoms with Crippen LogP contribution in [0.4, 0.5) is 5.69 Å². The first-order valence-electron chi connectivity index (χ1n) is 8.83. The van der Waals surface area contributed by atoms with Crippen LogP contribution in [0.1, 0.15) is 15.9 Å². The number of hydrogen-bond donors (Lipinski definition) is 1. The summed E-state index contributed by atoms with van der Waals surface area (Å²) in [5.41, 5.74) is 4.43. The molecule has 0 aliphatic carbocycles. The van der Waals surface area contributed by atoms with E-state index in [2.05, 4.69) is 41.2 Å². The molecular weight excluding hydrogens is 354 g/mol. The Morgan fingerprint density at radius 2 is 1.39 bits per heavy atom. The van der Waals surface area contributed by atoms with Crippen LogP contribution in [-0.4, -0.2) is 25.6 Å². The topological polar surface area (TPSA) is 64.6 Å². The van der Waals surface area contributed by atoms with Crippen molar-refractivity contribution in [2.75, 3.05) is 19.0 Å². The third-order valence-electron chi connectivity index (χ3n) is 4.20. The molecule has 0 aromatic heterocycles. The molecule has 1 N–H and O–H groups in total. The molecule has 5 nitrogen and oxygen atoms in total. The van der Waals surface area contributed by atoms with Gasteiger partial charge in [-0.3, -0.25) is 4.79 Å². The fourth-order valence-corrected chi connectivity index (χ4v) is 2.64. The summed E-state index contributed by atoms with van der Waals surface area (Å²) in [4.78, 5) is 23.5. The highest BCUT2D eigenvalue weighted by Gasteiger charge is 2.07. The fraction of sp³-hybridized carbons (Fsp3) is 0.130. The summed E-state index contributed by atoms with van der Waals surface area (Å²) in [5, 5.41) is 2.72. The van der Waals surface area contributed by atoms with Crippen molar-refractivity contribution >= 4 is 17.6 Å². The molecule has 0 fully saturated rings. The predicted octanol–water partition coefficient (Wildman–Crippen LogP) is 4.47. The number of ether oxygens (including phenoxy) is 2. The summed E-state index contributed by atoms with van der Waals surface area (Å²) in [6, 6.07) is 22.4. The Labute approximate surface area is 163 Å². The fourth-order valence-electron chi connectivity index (χ4n) is 2.64. The number of rotatable bonds is 6. The minimum Gasteiger partial charge on any atom is -0.484 e. The summed E-state index contributed by atoms with van der Waals surface area (Å²) >= 11 is 0. The average molecular weight is 375 g/mol. The molecule has 28 heavy (non-hydrogen) atoms. The number of amides is 1. The minimum absolute atomic E-state index is 0.109. The number of nitrogens with one attached hydrogen (secondary N) is 1. The Balaban J connectivity index is 1.53. The Bertz CT molecular complexity index is 945. The van der Waals surface area contributed by atoms with Gasteiger partial charge in [0.15, 0.2) is 6.61 Å². The van der Waals surface area contributed by atoms with Crippen LogP contribution in [0.3, 0.4) is 0 Å².